The number of carbonyl (C=O) groups excluding carboxylic acids is 1. The van der Waals surface area contributed by atoms with Crippen LogP contribution in [-0.4, -0.2) is 20.1 Å². The Balaban J connectivity index is 1.94. The summed E-state index contributed by atoms with van der Waals surface area (Å²) in [6.07, 6.45) is 1.91. The highest BCUT2D eigenvalue weighted by Gasteiger charge is 2.19. The van der Waals surface area contributed by atoms with Crippen molar-refractivity contribution in [3.63, 3.8) is 0 Å². The van der Waals surface area contributed by atoms with Crippen molar-refractivity contribution < 1.29 is 14.3 Å². The SMILES string of the molecule is COc1ccc(/C=C(/C(=O)NC(C)c2cc(C(C)C)c(OC)cc2C)c2ccccc2)cc1. The molecule has 0 bridgehead atoms. The van der Waals surface area contributed by atoms with Gasteiger partial charge in [-0.2, -0.15) is 0 Å². The lowest BCUT2D eigenvalue weighted by Gasteiger charge is -2.22. The van der Waals surface area contributed by atoms with Gasteiger partial charge in [-0.05, 0) is 77.9 Å². The second kappa shape index (κ2) is 10.9. The quantitative estimate of drug-likeness (QED) is 0.317. The standard InChI is InChI=1S/C29H33NO3/c1-19(2)25-18-26(20(3)16-28(25)33-6)21(4)30-29(31)27(23-10-8-7-9-11-23)17-22-12-14-24(32-5)15-13-22/h7-19,21H,1-6H3,(H,30,31)/b27-17+. The molecule has 0 aliphatic rings. The van der Waals surface area contributed by atoms with Crippen molar-refractivity contribution in [2.24, 2.45) is 0 Å². The van der Waals surface area contributed by atoms with E-state index < -0.39 is 0 Å². The summed E-state index contributed by atoms with van der Waals surface area (Å²) in [7, 11) is 3.34. The minimum Gasteiger partial charge on any atom is -0.497 e. The van der Waals surface area contributed by atoms with E-state index in [9.17, 15) is 4.79 Å². The van der Waals surface area contributed by atoms with E-state index in [2.05, 4.69) is 38.2 Å². The predicted molar refractivity (Wildman–Crippen MR) is 136 cm³/mol. The Kier molecular flexibility index (Phi) is 7.94. The zero-order valence-electron chi connectivity index (χ0n) is 20.3. The number of benzene rings is 3. The molecule has 0 aromatic heterocycles. The molecular formula is C29H33NO3. The predicted octanol–water partition coefficient (Wildman–Crippen LogP) is 6.55. The van der Waals surface area contributed by atoms with E-state index in [1.54, 1.807) is 14.2 Å². The topological polar surface area (TPSA) is 47.6 Å². The molecule has 0 radical (unpaired) electrons. The molecule has 3 aromatic carbocycles. The molecule has 0 aliphatic carbocycles. The van der Waals surface area contributed by atoms with Crippen LogP contribution in [0.25, 0.3) is 11.6 Å². The molecule has 0 fully saturated rings. The van der Waals surface area contributed by atoms with Crippen LogP contribution in [0.2, 0.25) is 0 Å². The van der Waals surface area contributed by atoms with Gasteiger partial charge in [0.1, 0.15) is 11.5 Å². The van der Waals surface area contributed by atoms with E-state index in [0.717, 1.165) is 39.3 Å². The first-order valence-corrected chi connectivity index (χ1v) is 11.2. The number of hydrogen-bond acceptors (Lipinski definition) is 3. The minimum atomic E-state index is -0.163. The van der Waals surface area contributed by atoms with E-state index in [-0.39, 0.29) is 11.9 Å². The number of methoxy groups -OCH3 is 2. The lowest BCUT2D eigenvalue weighted by Crippen LogP contribution is -2.28. The Morgan fingerprint density at radius 2 is 1.55 bits per heavy atom. The van der Waals surface area contributed by atoms with Crippen molar-refractivity contribution in [3.8, 4) is 11.5 Å². The second-order valence-electron chi connectivity index (χ2n) is 8.50. The molecule has 0 saturated carbocycles. The lowest BCUT2D eigenvalue weighted by molar-refractivity contribution is -0.116. The number of amides is 1. The number of aryl methyl sites for hydroxylation is 1. The van der Waals surface area contributed by atoms with Crippen LogP contribution in [0.3, 0.4) is 0 Å². The van der Waals surface area contributed by atoms with Crippen molar-refractivity contribution >= 4 is 17.6 Å². The first-order chi connectivity index (χ1) is 15.8. The van der Waals surface area contributed by atoms with Crippen LogP contribution in [0.4, 0.5) is 0 Å². The largest absolute Gasteiger partial charge is 0.497 e. The van der Waals surface area contributed by atoms with Crippen LogP contribution in [0.15, 0.2) is 66.7 Å². The van der Waals surface area contributed by atoms with E-state index in [4.69, 9.17) is 9.47 Å². The molecule has 0 heterocycles. The Bertz CT molecular complexity index is 1120. The molecule has 1 atom stereocenters. The smallest absolute Gasteiger partial charge is 0.252 e. The zero-order valence-corrected chi connectivity index (χ0v) is 20.3. The van der Waals surface area contributed by atoms with Gasteiger partial charge in [0.2, 0.25) is 0 Å². The molecule has 0 aliphatic heterocycles. The van der Waals surface area contributed by atoms with Gasteiger partial charge in [-0.1, -0.05) is 56.3 Å². The molecule has 33 heavy (non-hydrogen) atoms. The van der Waals surface area contributed by atoms with Crippen LogP contribution in [0.1, 0.15) is 60.5 Å². The van der Waals surface area contributed by atoms with Crippen molar-refractivity contribution in [2.45, 2.75) is 39.7 Å². The molecule has 3 rings (SSSR count). The van der Waals surface area contributed by atoms with Gasteiger partial charge in [-0.25, -0.2) is 0 Å². The fraction of sp³-hybridized carbons (Fsp3) is 0.276. The minimum absolute atomic E-state index is 0.120. The molecule has 0 saturated heterocycles. The highest BCUT2D eigenvalue weighted by molar-refractivity contribution is 6.24. The molecular weight excluding hydrogens is 410 g/mol. The molecule has 1 N–H and O–H groups in total. The molecule has 172 valence electrons. The summed E-state index contributed by atoms with van der Waals surface area (Å²) < 4.78 is 10.8. The van der Waals surface area contributed by atoms with Crippen molar-refractivity contribution in [3.05, 3.63) is 94.5 Å². The first-order valence-electron chi connectivity index (χ1n) is 11.2. The average Bonchev–Trinajstić information content (AvgIpc) is 2.82. The highest BCUT2D eigenvalue weighted by atomic mass is 16.5. The summed E-state index contributed by atoms with van der Waals surface area (Å²) >= 11 is 0. The first kappa shape index (κ1) is 24.1. The summed E-state index contributed by atoms with van der Waals surface area (Å²) in [6, 6.07) is 21.5. The van der Waals surface area contributed by atoms with Crippen LogP contribution in [-0.2, 0) is 4.79 Å². The maximum atomic E-state index is 13.5. The second-order valence-corrected chi connectivity index (χ2v) is 8.50. The maximum absolute atomic E-state index is 13.5. The number of nitrogens with one attached hydrogen (secondary N) is 1. The van der Waals surface area contributed by atoms with E-state index in [1.807, 2.05) is 67.6 Å². The fourth-order valence-electron chi connectivity index (χ4n) is 3.93. The van der Waals surface area contributed by atoms with Crippen molar-refractivity contribution in [1.82, 2.24) is 5.32 Å². The Labute approximate surface area is 197 Å². The van der Waals surface area contributed by atoms with E-state index >= 15 is 0 Å². The number of carbonyl (C=O) groups is 1. The average molecular weight is 444 g/mol. The molecule has 1 unspecified atom stereocenters. The van der Waals surface area contributed by atoms with Gasteiger partial charge in [-0.15, -0.1) is 0 Å². The van der Waals surface area contributed by atoms with Gasteiger partial charge in [0.25, 0.3) is 5.91 Å². The Morgan fingerprint density at radius 1 is 0.879 bits per heavy atom. The highest BCUT2D eigenvalue weighted by Crippen LogP contribution is 2.32. The van der Waals surface area contributed by atoms with Gasteiger partial charge < -0.3 is 14.8 Å². The molecule has 4 nitrogen and oxygen atoms in total. The molecule has 1 amide bonds. The third kappa shape index (κ3) is 5.83. The van der Waals surface area contributed by atoms with Crippen LogP contribution >= 0.6 is 0 Å². The van der Waals surface area contributed by atoms with Gasteiger partial charge in [0, 0.05) is 5.57 Å². The van der Waals surface area contributed by atoms with Gasteiger partial charge >= 0.3 is 0 Å². The normalized spacial score (nSPS) is 12.4. The fourth-order valence-corrected chi connectivity index (χ4v) is 3.93. The number of rotatable bonds is 8. The summed E-state index contributed by atoms with van der Waals surface area (Å²) in [4.78, 5) is 13.5. The molecule has 0 spiro atoms. The summed E-state index contributed by atoms with van der Waals surface area (Å²) in [5, 5.41) is 3.21. The van der Waals surface area contributed by atoms with E-state index in [0.29, 0.717) is 11.5 Å². The van der Waals surface area contributed by atoms with Crippen LogP contribution in [0, 0.1) is 6.92 Å². The van der Waals surface area contributed by atoms with Gasteiger partial charge in [-0.3, -0.25) is 4.79 Å². The number of ether oxygens (including phenoxy) is 2. The van der Waals surface area contributed by atoms with Crippen LogP contribution in [0.5, 0.6) is 11.5 Å². The van der Waals surface area contributed by atoms with Crippen molar-refractivity contribution in [1.29, 1.82) is 0 Å². The maximum Gasteiger partial charge on any atom is 0.252 e. The van der Waals surface area contributed by atoms with Gasteiger partial charge in [0.05, 0.1) is 20.3 Å². The summed E-state index contributed by atoms with van der Waals surface area (Å²) in [6.45, 7) is 8.36. The van der Waals surface area contributed by atoms with Crippen molar-refractivity contribution in [2.75, 3.05) is 14.2 Å². The third-order valence-corrected chi connectivity index (χ3v) is 5.81. The molecule has 3 aromatic rings. The molecule has 4 heteroatoms. The summed E-state index contributed by atoms with van der Waals surface area (Å²) in [5.74, 6) is 1.86. The zero-order chi connectivity index (χ0) is 24.0. The third-order valence-electron chi connectivity index (χ3n) is 5.81. The Hall–Kier alpha value is -3.53. The summed E-state index contributed by atoms with van der Waals surface area (Å²) in [5.41, 5.74) is 5.72. The van der Waals surface area contributed by atoms with Gasteiger partial charge in [0.15, 0.2) is 0 Å². The monoisotopic (exact) mass is 443 g/mol. The van der Waals surface area contributed by atoms with Crippen LogP contribution < -0.4 is 14.8 Å². The number of hydrogen-bond donors (Lipinski definition) is 1. The lowest BCUT2D eigenvalue weighted by atomic mass is 9.93. The Morgan fingerprint density at radius 3 is 2.12 bits per heavy atom. The van der Waals surface area contributed by atoms with E-state index in [1.165, 1.54) is 0 Å².